The van der Waals surface area contributed by atoms with E-state index in [9.17, 15) is 15.0 Å². The number of benzene rings is 1. The van der Waals surface area contributed by atoms with Crippen molar-refractivity contribution in [2.45, 2.75) is 31.8 Å². The lowest BCUT2D eigenvalue weighted by molar-refractivity contribution is 0.0695. The van der Waals surface area contributed by atoms with Crippen LogP contribution in [0.25, 0.3) is 0 Å². The molecule has 1 atom stereocenters. The maximum Gasteiger partial charge on any atom is 0.335 e. The molecule has 2 saturated heterocycles. The smallest absolute Gasteiger partial charge is 0.335 e. The fraction of sp³-hybridized carbons (Fsp3) is 0.476. The molecule has 28 heavy (non-hydrogen) atoms. The van der Waals surface area contributed by atoms with Crippen LogP contribution in [0, 0.1) is 5.92 Å². The van der Waals surface area contributed by atoms with Gasteiger partial charge in [-0.1, -0.05) is 18.2 Å². The third-order valence-corrected chi connectivity index (χ3v) is 5.79. The van der Waals surface area contributed by atoms with Crippen LogP contribution in [0.15, 0.2) is 36.7 Å². The van der Waals surface area contributed by atoms with Crippen molar-refractivity contribution in [3.05, 3.63) is 47.8 Å². The first-order valence-electron chi connectivity index (χ1n) is 9.91. The summed E-state index contributed by atoms with van der Waals surface area (Å²) in [6, 6.07) is 9.30. The van der Waals surface area contributed by atoms with Crippen LogP contribution >= 0.6 is 0 Å². The summed E-state index contributed by atoms with van der Waals surface area (Å²) in [5, 5.41) is 19.1. The van der Waals surface area contributed by atoms with Gasteiger partial charge in [0.1, 0.15) is 18.0 Å². The van der Waals surface area contributed by atoms with Crippen molar-refractivity contribution < 1.29 is 15.0 Å². The summed E-state index contributed by atoms with van der Waals surface area (Å²) in [7, 11) is 0. The first kappa shape index (κ1) is 18.7. The largest absolute Gasteiger partial charge is 0.478 e. The number of rotatable bonds is 5. The minimum atomic E-state index is -0.863. The fourth-order valence-corrected chi connectivity index (χ4v) is 4.20. The summed E-state index contributed by atoms with van der Waals surface area (Å²) in [6.07, 6.45) is 4.74. The molecule has 3 heterocycles. The molecule has 1 aromatic carbocycles. The van der Waals surface area contributed by atoms with Gasteiger partial charge < -0.3 is 20.0 Å². The molecule has 1 aromatic heterocycles. The van der Waals surface area contributed by atoms with Gasteiger partial charge in [0, 0.05) is 32.2 Å². The van der Waals surface area contributed by atoms with Gasteiger partial charge in [-0.25, -0.2) is 14.8 Å². The zero-order valence-corrected chi connectivity index (χ0v) is 15.9. The van der Waals surface area contributed by atoms with Crippen molar-refractivity contribution >= 4 is 17.6 Å². The van der Waals surface area contributed by atoms with Gasteiger partial charge in [-0.05, 0) is 43.2 Å². The van der Waals surface area contributed by atoms with Crippen LogP contribution in [0.2, 0.25) is 0 Å². The van der Waals surface area contributed by atoms with Crippen molar-refractivity contribution in [3.8, 4) is 0 Å². The molecule has 0 aliphatic carbocycles. The Bertz CT molecular complexity index is 836. The Hall–Kier alpha value is -2.67. The Morgan fingerprint density at radius 3 is 2.46 bits per heavy atom. The molecule has 0 spiro atoms. The van der Waals surface area contributed by atoms with Crippen molar-refractivity contribution in [2.24, 2.45) is 5.92 Å². The Morgan fingerprint density at radius 1 is 1.04 bits per heavy atom. The second kappa shape index (κ2) is 8.14. The minimum absolute atomic E-state index is 0.203. The number of aromatic carboxylic acids is 1. The van der Waals surface area contributed by atoms with E-state index >= 15 is 0 Å². The van der Waals surface area contributed by atoms with Crippen LogP contribution < -0.4 is 9.80 Å². The van der Waals surface area contributed by atoms with Crippen LogP contribution in [0.1, 0.15) is 35.2 Å². The van der Waals surface area contributed by atoms with Gasteiger partial charge in [0.25, 0.3) is 0 Å². The number of aromatic nitrogens is 2. The molecule has 0 radical (unpaired) electrons. The zero-order valence-electron chi connectivity index (χ0n) is 15.9. The second-order valence-electron chi connectivity index (χ2n) is 7.72. The topological polar surface area (TPSA) is 89.8 Å². The molecule has 0 saturated carbocycles. The van der Waals surface area contributed by atoms with E-state index in [0.717, 1.165) is 69.1 Å². The van der Waals surface area contributed by atoms with Crippen molar-refractivity contribution in [1.29, 1.82) is 0 Å². The number of carboxylic acid groups (broad SMARTS) is 1. The highest BCUT2D eigenvalue weighted by Gasteiger charge is 2.26. The minimum Gasteiger partial charge on any atom is -0.478 e. The number of nitrogens with zero attached hydrogens (tertiary/aromatic N) is 4. The SMILES string of the molecule is O=C(O)c1ccccc1CC1CCN(c2cc(N3CCC(O)CC3)ncn2)C1. The highest BCUT2D eigenvalue weighted by atomic mass is 16.4. The van der Waals surface area contributed by atoms with E-state index in [1.54, 1.807) is 18.5 Å². The van der Waals surface area contributed by atoms with E-state index in [0.29, 0.717) is 11.5 Å². The molecule has 4 rings (SSSR count). The predicted octanol–water partition coefficient (Wildman–Crippen LogP) is 2.20. The van der Waals surface area contributed by atoms with Crippen molar-refractivity contribution in [1.82, 2.24) is 9.97 Å². The third-order valence-electron chi connectivity index (χ3n) is 5.79. The molecular formula is C21H26N4O3. The van der Waals surface area contributed by atoms with Crippen molar-refractivity contribution in [3.63, 3.8) is 0 Å². The van der Waals surface area contributed by atoms with Gasteiger partial charge in [-0.2, -0.15) is 0 Å². The summed E-state index contributed by atoms with van der Waals surface area (Å²) in [5.41, 5.74) is 1.30. The fourth-order valence-electron chi connectivity index (χ4n) is 4.20. The normalized spacial score (nSPS) is 20.5. The van der Waals surface area contributed by atoms with E-state index in [1.807, 2.05) is 18.2 Å². The van der Waals surface area contributed by atoms with Gasteiger partial charge in [-0.3, -0.25) is 0 Å². The number of hydrogen-bond donors (Lipinski definition) is 2. The standard InChI is InChI=1S/C21H26N4O3/c26-17-6-9-24(10-7-17)19-12-20(23-14-22-19)25-8-5-15(13-25)11-16-3-1-2-4-18(16)21(27)28/h1-4,12,14-15,17,26H,5-11,13H2,(H,27,28). The molecule has 2 N–H and O–H groups in total. The average Bonchev–Trinajstić information content (AvgIpc) is 3.17. The lowest BCUT2D eigenvalue weighted by Gasteiger charge is -2.31. The summed E-state index contributed by atoms with van der Waals surface area (Å²) in [5.74, 6) is 1.38. The van der Waals surface area contributed by atoms with Crippen LogP contribution in [0.4, 0.5) is 11.6 Å². The highest BCUT2D eigenvalue weighted by Crippen LogP contribution is 2.28. The molecular weight excluding hydrogens is 356 g/mol. The number of aliphatic hydroxyl groups is 1. The van der Waals surface area contributed by atoms with Gasteiger partial charge in [0.2, 0.25) is 0 Å². The van der Waals surface area contributed by atoms with Crippen LogP contribution in [-0.4, -0.2) is 58.4 Å². The first-order chi connectivity index (χ1) is 13.6. The monoisotopic (exact) mass is 382 g/mol. The summed E-state index contributed by atoms with van der Waals surface area (Å²) < 4.78 is 0. The number of anilines is 2. The Balaban J connectivity index is 1.42. The van der Waals surface area contributed by atoms with Crippen molar-refractivity contribution in [2.75, 3.05) is 36.0 Å². The molecule has 0 bridgehead atoms. The van der Waals surface area contributed by atoms with E-state index in [2.05, 4.69) is 19.8 Å². The van der Waals surface area contributed by atoms with E-state index in [4.69, 9.17) is 0 Å². The molecule has 2 aromatic rings. The van der Waals surface area contributed by atoms with Gasteiger partial charge in [0.15, 0.2) is 0 Å². The number of carbonyl (C=O) groups is 1. The molecule has 2 aliphatic rings. The lowest BCUT2D eigenvalue weighted by Crippen LogP contribution is -2.36. The molecule has 2 fully saturated rings. The maximum absolute atomic E-state index is 11.4. The van der Waals surface area contributed by atoms with Gasteiger partial charge in [-0.15, -0.1) is 0 Å². The van der Waals surface area contributed by atoms with Crippen LogP contribution in [-0.2, 0) is 6.42 Å². The number of aliphatic hydroxyl groups excluding tert-OH is 1. The molecule has 148 valence electrons. The summed E-state index contributed by atoms with van der Waals surface area (Å²) in [4.78, 5) is 24.8. The molecule has 7 nitrogen and oxygen atoms in total. The van der Waals surface area contributed by atoms with Gasteiger partial charge >= 0.3 is 5.97 Å². The lowest BCUT2D eigenvalue weighted by atomic mass is 9.95. The third kappa shape index (κ3) is 4.09. The first-order valence-corrected chi connectivity index (χ1v) is 9.91. The Morgan fingerprint density at radius 2 is 1.71 bits per heavy atom. The van der Waals surface area contributed by atoms with E-state index in [-0.39, 0.29) is 6.10 Å². The maximum atomic E-state index is 11.4. The molecule has 2 aliphatic heterocycles. The van der Waals surface area contributed by atoms with E-state index in [1.165, 1.54) is 0 Å². The van der Waals surface area contributed by atoms with E-state index < -0.39 is 5.97 Å². The highest BCUT2D eigenvalue weighted by molar-refractivity contribution is 5.89. The van der Waals surface area contributed by atoms with Crippen LogP contribution in [0.5, 0.6) is 0 Å². The number of piperidine rings is 1. The molecule has 7 heteroatoms. The quantitative estimate of drug-likeness (QED) is 0.819. The molecule has 1 unspecified atom stereocenters. The summed E-state index contributed by atoms with van der Waals surface area (Å²) in [6.45, 7) is 3.40. The second-order valence-corrected chi connectivity index (χ2v) is 7.72. The molecule has 0 amide bonds. The Kier molecular flexibility index (Phi) is 5.43. The van der Waals surface area contributed by atoms with Gasteiger partial charge in [0.05, 0.1) is 11.7 Å². The van der Waals surface area contributed by atoms with Crippen LogP contribution in [0.3, 0.4) is 0 Å². The Labute approximate surface area is 164 Å². The predicted molar refractivity (Wildman–Crippen MR) is 107 cm³/mol. The summed E-state index contributed by atoms with van der Waals surface area (Å²) >= 11 is 0. The number of hydrogen-bond acceptors (Lipinski definition) is 6. The number of carboxylic acids is 1. The zero-order chi connectivity index (χ0) is 19.5. The average molecular weight is 382 g/mol.